The fourth-order valence-corrected chi connectivity index (χ4v) is 1.52. The summed E-state index contributed by atoms with van der Waals surface area (Å²) < 4.78 is 0. The van der Waals surface area contributed by atoms with Crippen molar-refractivity contribution in [2.24, 2.45) is 5.92 Å². The molecule has 0 aliphatic carbocycles. The molecular formula is C14H23N3O. The van der Waals surface area contributed by atoms with E-state index in [9.17, 15) is 4.79 Å². The minimum absolute atomic E-state index is 0.106. The standard InChI is InChI=1S/C14H23N3O/c1-11(2)9-17-14(18)6-8-15-10-13-12(3)5-4-7-16-13/h4-5,7,11,15H,6,8-10H2,1-3H3,(H,17,18). The van der Waals surface area contributed by atoms with E-state index < -0.39 is 0 Å². The topological polar surface area (TPSA) is 54.0 Å². The zero-order valence-electron chi connectivity index (χ0n) is 11.5. The van der Waals surface area contributed by atoms with Crippen LogP contribution in [0.15, 0.2) is 18.3 Å². The molecule has 0 bridgehead atoms. The fraction of sp³-hybridized carbons (Fsp3) is 0.571. The Balaban J connectivity index is 2.15. The number of carbonyl (C=O) groups excluding carboxylic acids is 1. The van der Waals surface area contributed by atoms with Crippen LogP contribution >= 0.6 is 0 Å². The Morgan fingerprint density at radius 1 is 1.44 bits per heavy atom. The molecule has 0 aliphatic rings. The van der Waals surface area contributed by atoms with Gasteiger partial charge in [-0.25, -0.2) is 0 Å². The van der Waals surface area contributed by atoms with Gasteiger partial charge in [-0.3, -0.25) is 9.78 Å². The molecule has 0 aromatic carbocycles. The van der Waals surface area contributed by atoms with Crippen LogP contribution in [0.4, 0.5) is 0 Å². The highest BCUT2D eigenvalue weighted by Crippen LogP contribution is 2.01. The zero-order valence-corrected chi connectivity index (χ0v) is 11.5. The first-order valence-electron chi connectivity index (χ1n) is 6.47. The van der Waals surface area contributed by atoms with Crippen molar-refractivity contribution >= 4 is 5.91 Å². The van der Waals surface area contributed by atoms with Crippen molar-refractivity contribution in [1.29, 1.82) is 0 Å². The third-order valence-corrected chi connectivity index (χ3v) is 2.65. The van der Waals surface area contributed by atoms with E-state index in [4.69, 9.17) is 0 Å². The summed E-state index contributed by atoms with van der Waals surface area (Å²) in [6.07, 6.45) is 2.30. The van der Waals surface area contributed by atoms with Gasteiger partial charge in [-0.05, 0) is 24.5 Å². The molecule has 1 heterocycles. The van der Waals surface area contributed by atoms with E-state index in [2.05, 4.69) is 29.5 Å². The molecular weight excluding hydrogens is 226 g/mol. The molecule has 1 rings (SSSR count). The summed E-state index contributed by atoms with van der Waals surface area (Å²) in [5.74, 6) is 0.604. The van der Waals surface area contributed by atoms with Gasteiger partial charge < -0.3 is 10.6 Å². The molecule has 0 saturated heterocycles. The number of nitrogens with zero attached hydrogens (tertiary/aromatic N) is 1. The van der Waals surface area contributed by atoms with Gasteiger partial charge in [0.1, 0.15) is 0 Å². The predicted molar refractivity (Wildman–Crippen MR) is 73.1 cm³/mol. The molecule has 4 nitrogen and oxygen atoms in total. The van der Waals surface area contributed by atoms with Crippen LogP contribution < -0.4 is 10.6 Å². The lowest BCUT2D eigenvalue weighted by molar-refractivity contribution is -0.121. The maximum atomic E-state index is 11.5. The summed E-state index contributed by atoms with van der Waals surface area (Å²) in [7, 11) is 0. The number of rotatable bonds is 7. The van der Waals surface area contributed by atoms with Gasteiger partial charge in [-0.1, -0.05) is 19.9 Å². The van der Waals surface area contributed by atoms with Gasteiger partial charge in [0.05, 0.1) is 5.69 Å². The van der Waals surface area contributed by atoms with Crippen LogP contribution in [0.5, 0.6) is 0 Å². The first kappa shape index (κ1) is 14.6. The van der Waals surface area contributed by atoms with E-state index in [1.807, 2.05) is 19.1 Å². The van der Waals surface area contributed by atoms with Crippen LogP contribution in [0.3, 0.4) is 0 Å². The van der Waals surface area contributed by atoms with Gasteiger partial charge in [0, 0.05) is 32.3 Å². The van der Waals surface area contributed by atoms with Crippen molar-refractivity contribution in [3.05, 3.63) is 29.6 Å². The van der Waals surface area contributed by atoms with Gasteiger partial charge in [-0.2, -0.15) is 0 Å². The third-order valence-electron chi connectivity index (χ3n) is 2.65. The van der Waals surface area contributed by atoms with Crippen LogP contribution in [-0.2, 0) is 11.3 Å². The molecule has 1 aromatic rings. The maximum Gasteiger partial charge on any atom is 0.221 e. The molecule has 4 heteroatoms. The van der Waals surface area contributed by atoms with E-state index in [0.29, 0.717) is 25.4 Å². The van der Waals surface area contributed by atoms with Crippen LogP contribution in [0, 0.1) is 12.8 Å². The molecule has 18 heavy (non-hydrogen) atoms. The van der Waals surface area contributed by atoms with Crippen LogP contribution in [0.1, 0.15) is 31.5 Å². The Morgan fingerprint density at radius 2 is 2.22 bits per heavy atom. The van der Waals surface area contributed by atoms with E-state index in [-0.39, 0.29) is 5.91 Å². The predicted octanol–water partition coefficient (Wildman–Crippen LogP) is 1.64. The lowest BCUT2D eigenvalue weighted by Gasteiger charge is -2.08. The average Bonchev–Trinajstić information content (AvgIpc) is 2.34. The minimum atomic E-state index is 0.106. The Kier molecular flexibility index (Phi) is 6.36. The lowest BCUT2D eigenvalue weighted by atomic mass is 10.2. The second-order valence-corrected chi connectivity index (χ2v) is 4.89. The molecule has 2 N–H and O–H groups in total. The van der Waals surface area contributed by atoms with Crippen LogP contribution in [0.25, 0.3) is 0 Å². The number of hydrogen-bond donors (Lipinski definition) is 2. The summed E-state index contributed by atoms with van der Waals surface area (Å²) in [6, 6.07) is 3.97. The molecule has 0 radical (unpaired) electrons. The fourth-order valence-electron chi connectivity index (χ4n) is 1.52. The summed E-state index contributed by atoms with van der Waals surface area (Å²) in [6.45, 7) is 8.35. The Hall–Kier alpha value is -1.42. The van der Waals surface area contributed by atoms with Crippen molar-refractivity contribution in [3.63, 3.8) is 0 Å². The number of pyridine rings is 1. The summed E-state index contributed by atoms with van der Waals surface area (Å²) in [5.41, 5.74) is 2.22. The van der Waals surface area contributed by atoms with Gasteiger partial charge in [0.25, 0.3) is 0 Å². The normalized spacial score (nSPS) is 10.7. The van der Waals surface area contributed by atoms with Crippen LogP contribution in [0.2, 0.25) is 0 Å². The zero-order chi connectivity index (χ0) is 13.4. The van der Waals surface area contributed by atoms with Gasteiger partial charge in [-0.15, -0.1) is 0 Å². The highest BCUT2D eigenvalue weighted by atomic mass is 16.1. The number of nitrogens with one attached hydrogen (secondary N) is 2. The lowest BCUT2D eigenvalue weighted by Crippen LogP contribution is -2.30. The minimum Gasteiger partial charge on any atom is -0.356 e. The van der Waals surface area contributed by atoms with Gasteiger partial charge in [0.15, 0.2) is 0 Å². The number of amides is 1. The SMILES string of the molecule is Cc1cccnc1CNCCC(=O)NCC(C)C. The monoisotopic (exact) mass is 249 g/mol. The van der Waals surface area contributed by atoms with Crippen molar-refractivity contribution in [2.45, 2.75) is 33.7 Å². The first-order valence-corrected chi connectivity index (χ1v) is 6.47. The number of carbonyl (C=O) groups is 1. The molecule has 1 aromatic heterocycles. The molecule has 0 fully saturated rings. The van der Waals surface area contributed by atoms with Crippen molar-refractivity contribution in [2.75, 3.05) is 13.1 Å². The van der Waals surface area contributed by atoms with Crippen molar-refractivity contribution in [1.82, 2.24) is 15.6 Å². The second kappa shape index (κ2) is 7.82. The van der Waals surface area contributed by atoms with Gasteiger partial charge in [0.2, 0.25) is 5.91 Å². The quantitative estimate of drug-likeness (QED) is 0.722. The number of aryl methyl sites for hydroxylation is 1. The molecule has 1 amide bonds. The second-order valence-electron chi connectivity index (χ2n) is 4.89. The molecule has 100 valence electrons. The van der Waals surface area contributed by atoms with E-state index in [0.717, 1.165) is 12.2 Å². The van der Waals surface area contributed by atoms with E-state index in [1.54, 1.807) is 6.20 Å². The summed E-state index contributed by atoms with van der Waals surface area (Å²) in [4.78, 5) is 15.8. The summed E-state index contributed by atoms with van der Waals surface area (Å²) in [5, 5.41) is 6.14. The molecule has 0 saturated carbocycles. The molecule has 0 atom stereocenters. The first-order chi connectivity index (χ1) is 8.59. The Labute approximate surface area is 109 Å². The smallest absolute Gasteiger partial charge is 0.221 e. The number of aromatic nitrogens is 1. The van der Waals surface area contributed by atoms with E-state index >= 15 is 0 Å². The highest BCUT2D eigenvalue weighted by molar-refractivity contribution is 5.76. The molecule has 0 aliphatic heterocycles. The Bertz CT molecular complexity index is 377. The Morgan fingerprint density at radius 3 is 2.89 bits per heavy atom. The number of hydrogen-bond acceptors (Lipinski definition) is 3. The van der Waals surface area contributed by atoms with Crippen molar-refractivity contribution < 1.29 is 4.79 Å². The van der Waals surface area contributed by atoms with Crippen molar-refractivity contribution in [3.8, 4) is 0 Å². The largest absolute Gasteiger partial charge is 0.356 e. The maximum absolute atomic E-state index is 11.5. The average molecular weight is 249 g/mol. The van der Waals surface area contributed by atoms with Crippen LogP contribution in [-0.4, -0.2) is 24.0 Å². The third kappa shape index (κ3) is 5.77. The molecule has 0 unspecified atom stereocenters. The molecule has 0 spiro atoms. The van der Waals surface area contributed by atoms with E-state index in [1.165, 1.54) is 5.56 Å². The van der Waals surface area contributed by atoms with Gasteiger partial charge >= 0.3 is 0 Å². The summed E-state index contributed by atoms with van der Waals surface area (Å²) >= 11 is 0. The highest BCUT2D eigenvalue weighted by Gasteiger charge is 2.02.